The second-order valence-electron chi connectivity index (χ2n) is 3.28. The Hall–Kier alpha value is -1.01. The first kappa shape index (κ1) is 14.1. The van der Waals surface area contributed by atoms with E-state index in [0.717, 1.165) is 6.07 Å². The van der Waals surface area contributed by atoms with Crippen molar-refractivity contribution in [2.75, 3.05) is 18.4 Å². The summed E-state index contributed by atoms with van der Waals surface area (Å²) in [6.45, 7) is 0.677. The zero-order valence-corrected chi connectivity index (χ0v) is 10.5. The van der Waals surface area contributed by atoms with Crippen LogP contribution in [-0.4, -0.2) is 13.1 Å². The van der Waals surface area contributed by atoms with Gasteiger partial charge in [-0.15, -0.1) is 0 Å². The first-order valence-corrected chi connectivity index (χ1v) is 5.70. The van der Waals surface area contributed by atoms with Crippen molar-refractivity contribution in [3.63, 3.8) is 0 Å². The zero-order valence-electron chi connectivity index (χ0n) is 8.89. The van der Waals surface area contributed by atoms with Crippen LogP contribution in [0.2, 0.25) is 0 Å². The van der Waals surface area contributed by atoms with E-state index in [9.17, 15) is 13.2 Å². The van der Waals surface area contributed by atoms with Gasteiger partial charge in [0.2, 0.25) is 0 Å². The van der Waals surface area contributed by atoms with Gasteiger partial charge in [0.15, 0.2) is 0 Å². The van der Waals surface area contributed by atoms with Crippen molar-refractivity contribution in [1.29, 1.82) is 0 Å². The normalized spacial score (nSPS) is 12.1. The maximum absolute atomic E-state index is 12.7. The van der Waals surface area contributed by atoms with Crippen LogP contribution in [0.15, 0.2) is 34.8 Å². The minimum Gasteiger partial charge on any atom is -0.381 e. The molecule has 0 aromatic heterocycles. The lowest BCUT2D eigenvalue weighted by atomic mass is 10.1. The molecule has 0 atom stereocenters. The second-order valence-corrected chi connectivity index (χ2v) is 4.19. The first-order chi connectivity index (χ1) is 7.95. The Morgan fingerprint density at radius 1 is 1.29 bits per heavy atom. The minimum absolute atomic E-state index is 0.0578. The van der Waals surface area contributed by atoms with Crippen LogP contribution in [0.1, 0.15) is 5.56 Å². The fraction of sp³-hybridized carbons (Fsp3) is 0.273. The van der Waals surface area contributed by atoms with E-state index < -0.39 is 11.7 Å². The van der Waals surface area contributed by atoms with Crippen molar-refractivity contribution in [2.24, 2.45) is 5.73 Å². The molecule has 0 amide bonds. The fourth-order valence-electron chi connectivity index (χ4n) is 1.25. The highest BCUT2D eigenvalue weighted by molar-refractivity contribution is 9.10. The summed E-state index contributed by atoms with van der Waals surface area (Å²) in [5.74, 6) is 0. The van der Waals surface area contributed by atoms with E-state index in [2.05, 4.69) is 21.2 Å². The van der Waals surface area contributed by atoms with Crippen molar-refractivity contribution in [2.45, 2.75) is 6.18 Å². The van der Waals surface area contributed by atoms with Gasteiger partial charge in [-0.1, -0.05) is 28.1 Å². The Bertz CT molecular complexity index is 402. The van der Waals surface area contributed by atoms with E-state index in [1.165, 1.54) is 6.07 Å². The number of nitrogens with two attached hydrogens (primary N) is 1. The molecule has 0 saturated heterocycles. The SMILES string of the molecule is NC/C=C/CNc1ccc(Br)cc1C(F)(F)F. The van der Waals surface area contributed by atoms with Crippen molar-refractivity contribution >= 4 is 21.6 Å². The van der Waals surface area contributed by atoms with E-state index in [4.69, 9.17) is 5.73 Å². The smallest absolute Gasteiger partial charge is 0.381 e. The molecule has 0 unspecified atom stereocenters. The van der Waals surface area contributed by atoms with Gasteiger partial charge in [0.05, 0.1) is 5.56 Å². The summed E-state index contributed by atoms with van der Waals surface area (Å²) in [6.07, 6.45) is -1.01. The van der Waals surface area contributed by atoms with Gasteiger partial charge in [0, 0.05) is 23.2 Å². The lowest BCUT2D eigenvalue weighted by molar-refractivity contribution is -0.137. The highest BCUT2D eigenvalue weighted by atomic mass is 79.9. The van der Waals surface area contributed by atoms with Gasteiger partial charge in [-0.05, 0) is 18.2 Å². The molecule has 0 radical (unpaired) electrons. The maximum Gasteiger partial charge on any atom is 0.418 e. The summed E-state index contributed by atoms with van der Waals surface area (Å²) in [7, 11) is 0. The third-order valence-electron chi connectivity index (χ3n) is 2.00. The van der Waals surface area contributed by atoms with Gasteiger partial charge in [0.1, 0.15) is 0 Å². The van der Waals surface area contributed by atoms with E-state index in [1.807, 2.05) is 0 Å². The zero-order chi connectivity index (χ0) is 12.9. The summed E-state index contributed by atoms with van der Waals surface area (Å²) in [5, 5.41) is 2.70. The molecule has 0 aliphatic heterocycles. The lowest BCUT2D eigenvalue weighted by Gasteiger charge is -2.14. The molecule has 6 heteroatoms. The lowest BCUT2D eigenvalue weighted by Crippen LogP contribution is -2.11. The number of alkyl halides is 3. The average molecular weight is 309 g/mol. The molecule has 1 aromatic rings. The van der Waals surface area contributed by atoms with Gasteiger partial charge in [-0.25, -0.2) is 0 Å². The van der Waals surface area contributed by atoms with E-state index in [-0.39, 0.29) is 5.69 Å². The maximum atomic E-state index is 12.7. The van der Waals surface area contributed by atoms with Crippen LogP contribution in [0.25, 0.3) is 0 Å². The molecule has 0 spiro atoms. The molecule has 2 nitrogen and oxygen atoms in total. The van der Waals surface area contributed by atoms with Crippen molar-refractivity contribution in [3.8, 4) is 0 Å². The Morgan fingerprint density at radius 3 is 2.59 bits per heavy atom. The van der Waals surface area contributed by atoms with Crippen molar-refractivity contribution in [3.05, 3.63) is 40.4 Å². The largest absolute Gasteiger partial charge is 0.418 e. The summed E-state index contributed by atoms with van der Waals surface area (Å²) in [5.41, 5.74) is 4.60. The van der Waals surface area contributed by atoms with E-state index in [1.54, 1.807) is 18.2 Å². The molecule has 1 rings (SSSR count). The van der Waals surface area contributed by atoms with Crippen LogP contribution < -0.4 is 11.1 Å². The summed E-state index contributed by atoms with van der Waals surface area (Å²) >= 11 is 3.02. The minimum atomic E-state index is -4.37. The Balaban J connectivity index is 2.87. The van der Waals surface area contributed by atoms with Crippen LogP contribution >= 0.6 is 15.9 Å². The van der Waals surface area contributed by atoms with Crippen LogP contribution in [0, 0.1) is 0 Å². The molecule has 17 heavy (non-hydrogen) atoms. The molecular weight excluding hydrogens is 297 g/mol. The highest BCUT2D eigenvalue weighted by Crippen LogP contribution is 2.36. The van der Waals surface area contributed by atoms with Gasteiger partial charge in [-0.3, -0.25) is 0 Å². The molecule has 0 aliphatic rings. The average Bonchev–Trinajstić information content (AvgIpc) is 2.25. The predicted molar refractivity (Wildman–Crippen MR) is 65.8 cm³/mol. The number of anilines is 1. The van der Waals surface area contributed by atoms with Gasteiger partial charge >= 0.3 is 6.18 Å². The highest BCUT2D eigenvalue weighted by Gasteiger charge is 2.33. The number of rotatable bonds is 4. The predicted octanol–water partition coefficient (Wildman–Crippen LogP) is 3.39. The van der Waals surface area contributed by atoms with Crippen molar-refractivity contribution < 1.29 is 13.2 Å². The van der Waals surface area contributed by atoms with Crippen LogP contribution in [0.3, 0.4) is 0 Å². The molecule has 94 valence electrons. The number of hydrogen-bond donors (Lipinski definition) is 2. The number of halogens is 4. The molecule has 0 heterocycles. The van der Waals surface area contributed by atoms with Gasteiger partial charge < -0.3 is 11.1 Å². The van der Waals surface area contributed by atoms with E-state index in [0.29, 0.717) is 17.6 Å². The topological polar surface area (TPSA) is 38.0 Å². The summed E-state index contributed by atoms with van der Waals surface area (Å²) in [4.78, 5) is 0. The Labute approximate surface area is 106 Å². The van der Waals surface area contributed by atoms with Crippen LogP contribution in [0.4, 0.5) is 18.9 Å². The van der Waals surface area contributed by atoms with Crippen molar-refractivity contribution in [1.82, 2.24) is 0 Å². The van der Waals surface area contributed by atoms with Crippen LogP contribution in [0.5, 0.6) is 0 Å². The quantitative estimate of drug-likeness (QED) is 0.837. The Kier molecular flexibility index (Phi) is 5.02. The molecule has 1 aromatic carbocycles. The van der Waals surface area contributed by atoms with Crippen LogP contribution in [-0.2, 0) is 6.18 Å². The number of benzene rings is 1. The molecule has 0 bridgehead atoms. The second kappa shape index (κ2) is 6.07. The molecule has 0 saturated carbocycles. The summed E-state index contributed by atoms with van der Waals surface area (Å²) < 4.78 is 38.5. The molecule has 0 fully saturated rings. The fourth-order valence-corrected chi connectivity index (χ4v) is 1.61. The van der Waals surface area contributed by atoms with Gasteiger partial charge in [-0.2, -0.15) is 13.2 Å². The molecule has 0 aliphatic carbocycles. The van der Waals surface area contributed by atoms with Gasteiger partial charge in [0.25, 0.3) is 0 Å². The number of hydrogen-bond acceptors (Lipinski definition) is 2. The van der Waals surface area contributed by atoms with E-state index >= 15 is 0 Å². The first-order valence-electron chi connectivity index (χ1n) is 4.91. The third kappa shape index (κ3) is 4.40. The monoisotopic (exact) mass is 308 g/mol. The number of nitrogens with one attached hydrogen (secondary N) is 1. The summed E-state index contributed by atoms with van der Waals surface area (Å²) in [6, 6.07) is 4.00. The Morgan fingerprint density at radius 2 is 2.00 bits per heavy atom. The standard InChI is InChI=1S/C11H12BrF3N2/c12-8-3-4-10(17-6-2-1-5-16)9(7-8)11(13,14)15/h1-4,7,17H,5-6,16H2/b2-1+. The molecule has 3 N–H and O–H groups in total. The third-order valence-corrected chi connectivity index (χ3v) is 2.49. The molecular formula is C11H12BrF3N2.